The molecule has 0 unspecified atom stereocenters. The van der Waals surface area contributed by atoms with Crippen LogP contribution in [0.2, 0.25) is 0 Å². The molecule has 5 atom stereocenters. The summed E-state index contributed by atoms with van der Waals surface area (Å²) in [6.07, 6.45) is -8.83. The number of hydrogen-bond donors (Lipinski definition) is 6. The van der Waals surface area contributed by atoms with Crippen molar-refractivity contribution in [2.24, 2.45) is 0 Å². The van der Waals surface area contributed by atoms with Crippen LogP contribution in [0.5, 0.6) is 0 Å². The average molecular weight is 638 g/mol. The van der Waals surface area contributed by atoms with Crippen LogP contribution in [0.25, 0.3) is 11.2 Å². The van der Waals surface area contributed by atoms with Crippen LogP contribution >= 0.6 is 0 Å². The number of anilines is 1. The first-order valence-corrected chi connectivity index (χ1v) is 14.7. The van der Waals surface area contributed by atoms with Gasteiger partial charge in [-0.25, -0.2) is 22.3 Å². The monoisotopic (exact) mass is 637 g/mol. The van der Waals surface area contributed by atoms with Gasteiger partial charge in [0.15, 0.2) is 23.8 Å². The van der Waals surface area contributed by atoms with Gasteiger partial charge in [0.25, 0.3) is 0 Å². The van der Waals surface area contributed by atoms with Crippen molar-refractivity contribution in [3.05, 3.63) is 28.5 Å². The highest BCUT2D eigenvalue weighted by atomic mass is 32.3. The van der Waals surface area contributed by atoms with Crippen molar-refractivity contribution in [3.63, 3.8) is 0 Å². The van der Waals surface area contributed by atoms with Crippen LogP contribution in [0.4, 0.5) is 5.82 Å². The van der Waals surface area contributed by atoms with Gasteiger partial charge in [-0.1, -0.05) is 11.6 Å². The Morgan fingerprint density at radius 2 is 1.70 bits per heavy atom. The number of imidazole rings is 1. The van der Waals surface area contributed by atoms with Gasteiger partial charge in [-0.05, 0) is 6.92 Å². The summed E-state index contributed by atoms with van der Waals surface area (Å²) in [5.41, 5.74) is 5.01. The van der Waals surface area contributed by atoms with Gasteiger partial charge >= 0.3 is 36.9 Å². The predicted octanol–water partition coefficient (Wildman–Crippen LogP) is -3.43. The molecule has 0 aliphatic carbocycles. The van der Waals surface area contributed by atoms with Gasteiger partial charge in [0, 0.05) is 6.54 Å². The first-order chi connectivity index (χ1) is 18.3. The molecule has 1 aliphatic rings. The summed E-state index contributed by atoms with van der Waals surface area (Å²) in [5.74, 6) is -0.512. The molecule has 0 amide bonds. The number of nitrogen functional groups attached to an aromatic ring is 1. The van der Waals surface area contributed by atoms with Gasteiger partial charge in [-0.3, -0.25) is 22.8 Å². The van der Waals surface area contributed by atoms with Gasteiger partial charge in [0.2, 0.25) is 0 Å². The fourth-order valence-corrected chi connectivity index (χ4v) is 5.01. The number of rotatable bonds is 11. The number of hydrogen-bond acceptors (Lipinski definition) is 16. The summed E-state index contributed by atoms with van der Waals surface area (Å²) < 4.78 is 116. The third-order valence-electron chi connectivity index (χ3n) is 5.35. The van der Waals surface area contributed by atoms with Crippen molar-refractivity contribution in [2.75, 3.05) is 18.9 Å². The van der Waals surface area contributed by atoms with Gasteiger partial charge in [-0.2, -0.15) is 30.2 Å². The lowest BCUT2D eigenvalue weighted by Gasteiger charge is -2.42. The molecule has 7 N–H and O–H groups in total. The van der Waals surface area contributed by atoms with E-state index in [4.69, 9.17) is 19.6 Å². The number of ether oxygens (including phenoxy) is 1. The second-order valence-corrected chi connectivity index (χ2v) is 11.4. The molecule has 1 fully saturated rings. The van der Waals surface area contributed by atoms with E-state index in [1.165, 1.54) is 6.08 Å². The third kappa shape index (κ3) is 7.77. The van der Waals surface area contributed by atoms with Crippen molar-refractivity contribution in [1.29, 1.82) is 0 Å². The van der Waals surface area contributed by atoms with Crippen LogP contribution < -0.4 is 11.4 Å². The standard InChI is InChI=1S/C16H23N5O16S3/c1-7(4-22)2-3-20-14-9(13(17)19-16(20)24)21(6-18-14)15-12(37-40(31,32)33)10(23)11(36-39(28,29)30)8(35-15)5-34-38(25,26)27/h2,6,8,10-12,15,22-23H,3-5H2,1H3,(H2,17,19,24)(H,25,26,27)(H,28,29,30)(H,31,32,33)/b7-2-/t8-,10+,11-,12-,15-/m1/s1. The molecule has 0 bridgehead atoms. The Kier molecular flexibility index (Phi) is 9.33. The van der Waals surface area contributed by atoms with Crippen molar-refractivity contribution in [3.8, 4) is 0 Å². The van der Waals surface area contributed by atoms with Gasteiger partial charge in [0.1, 0.15) is 23.8 Å². The summed E-state index contributed by atoms with van der Waals surface area (Å²) in [4.78, 5) is 20.1. The zero-order chi connectivity index (χ0) is 30.2. The molecular weight excluding hydrogens is 614 g/mol. The molecule has 21 nitrogen and oxygen atoms in total. The molecular formula is C16H23N5O16S3. The van der Waals surface area contributed by atoms with E-state index in [9.17, 15) is 44.8 Å². The molecule has 24 heteroatoms. The van der Waals surface area contributed by atoms with Crippen LogP contribution in [-0.2, 0) is 55.0 Å². The summed E-state index contributed by atoms with van der Waals surface area (Å²) >= 11 is 0. The minimum Gasteiger partial charge on any atom is -0.392 e. The Balaban J connectivity index is 2.21. The molecule has 0 spiro atoms. The Morgan fingerprint density at radius 3 is 2.25 bits per heavy atom. The molecule has 40 heavy (non-hydrogen) atoms. The molecule has 1 saturated heterocycles. The van der Waals surface area contributed by atoms with Crippen molar-refractivity contribution < 1.29 is 66.4 Å². The number of aromatic nitrogens is 4. The first kappa shape index (κ1) is 31.9. The Bertz CT molecular complexity index is 1660. The second-order valence-electron chi connectivity index (χ2n) is 8.17. The fraction of sp³-hybridized carbons (Fsp3) is 0.562. The lowest BCUT2D eigenvalue weighted by Crippen LogP contribution is -2.59. The molecule has 226 valence electrons. The Hall–Kier alpha value is -2.62. The highest BCUT2D eigenvalue weighted by Crippen LogP contribution is 2.36. The van der Waals surface area contributed by atoms with Crippen LogP contribution in [0.3, 0.4) is 0 Å². The van der Waals surface area contributed by atoms with E-state index in [0.29, 0.717) is 5.57 Å². The number of fused-ring (bicyclic) bond motifs is 1. The topological polar surface area (TPSA) is 319 Å². The number of aliphatic hydroxyl groups excluding tert-OH is 2. The smallest absolute Gasteiger partial charge is 0.392 e. The van der Waals surface area contributed by atoms with E-state index in [1.807, 2.05) is 0 Å². The first-order valence-electron chi connectivity index (χ1n) is 10.6. The highest BCUT2D eigenvalue weighted by molar-refractivity contribution is 7.81. The molecule has 0 radical (unpaired) electrons. The van der Waals surface area contributed by atoms with E-state index < -0.39 is 80.0 Å². The van der Waals surface area contributed by atoms with Crippen molar-refractivity contribution in [1.82, 2.24) is 19.1 Å². The quantitative estimate of drug-likeness (QED) is 0.103. The maximum Gasteiger partial charge on any atom is 0.397 e. The minimum absolute atomic E-state index is 0.180. The average Bonchev–Trinajstić information content (AvgIpc) is 3.24. The Morgan fingerprint density at radius 1 is 1.10 bits per heavy atom. The SMILES string of the molecule is C/C(=C/Cn1c(=O)nc(N)c2c1ncn2[C@@H]1O[C@H](COS(=O)(=O)O)[C@@H](OS(=O)(=O)O)[C@H](O)[C@H]1OS(=O)(=O)O)CO. The second kappa shape index (κ2) is 11.7. The van der Waals surface area contributed by atoms with Crippen LogP contribution in [0, 0.1) is 0 Å². The lowest BCUT2D eigenvalue weighted by molar-refractivity contribution is -0.236. The van der Waals surface area contributed by atoms with Crippen LogP contribution in [0.1, 0.15) is 13.2 Å². The summed E-state index contributed by atoms with van der Waals surface area (Å²) in [6.45, 7) is -0.237. The van der Waals surface area contributed by atoms with Crippen molar-refractivity contribution >= 4 is 48.2 Å². The zero-order valence-corrected chi connectivity index (χ0v) is 22.4. The molecule has 0 aromatic carbocycles. The lowest BCUT2D eigenvalue weighted by atomic mass is 9.98. The molecule has 3 rings (SSSR count). The van der Waals surface area contributed by atoms with Gasteiger partial charge in [-0.15, -0.1) is 0 Å². The minimum atomic E-state index is -5.44. The normalized spacial score (nSPS) is 24.9. The number of allylic oxidation sites excluding steroid dienone is 1. The maximum atomic E-state index is 12.5. The largest absolute Gasteiger partial charge is 0.397 e. The van der Waals surface area contributed by atoms with Crippen LogP contribution in [0.15, 0.2) is 22.8 Å². The van der Waals surface area contributed by atoms with Crippen LogP contribution in [-0.4, -0.2) is 106 Å². The summed E-state index contributed by atoms with van der Waals surface area (Å²) in [7, 11) is -16.1. The van der Waals surface area contributed by atoms with E-state index in [0.717, 1.165) is 15.5 Å². The summed E-state index contributed by atoms with van der Waals surface area (Å²) in [6, 6.07) is 0. The van der Waals surface area contributed by atoms with E-state index >= 15 is 0 Å². The number of nitrogens with zero attached hydrogens (tertiary/aromatic N) is 4. The molecule has 0 saturated carbocycles. The number of aliphatic hydroxyl groups is 2. The predicted molar refractivity (Wildman–Crippen MR) is 127 cm³/mol. The molecule has 3 heterocycles. The zero-order valence-electron chi connectivity index (χ0n) is 20.0. The number of nitrogens with two attached hydrogens (primary N) is 1. The fourth-order valence-electron chi connectivity index (χ4n) is 3.70. The molecule has 1 aliphatic heterocycles. The van der Waals surface area contributed by atoms with Gasteiger partial charge < -0.3 is 20.7 Å². The van der Waals surface area contributed by atoms with E-state index in [-0.39, 0.29) is 24.3 Å². The third-order valence-corrected chi connectivity index (χ3v) is 6.71. The highest BCUT2D eigenvalue weighted by Gasteiger charge is 2.51. The maximum absolute atomic E-state index is 12.5. The van der Waals surface area contributed by atoms with Crippen molar-refractivity contribution in [2.45, 2.75) is 44.1 Å². The molecule has 2 aromatic rings. The van der Waals surface area contributed by atoms with E-state index in [1.54, 1.807) is 6.92 Å². The van der Waals surface area contributed by atoms with Gasteiger partial charge in [0.05, 0.1) is 19.5 Å². The Labute approximate surface area is 225 Å². The summed E-state index contributed by atoms with van der Waals surface area (Å²) in [5, 5.41) is 20.0. The van der Waals surface area contributed by atoms with E-state index in [2.05, 4.69) is 22.5 Å². The molecule has 2 aromatic heterocycles.